The van der Waals surface area contributed by atoms with E-state index < -0.39 is 33.3 Å². The molecule has 110 heavy (non-hydrogen) atoms. The van der Waals surface area contributed by atoms with Gasteiger partial charge in [-0.3, -0.25) is 61.7 Å². The number of hydrogen-bond acceptors (Lipinski definition) is 18. The molecule has 0 aromatic heterocycles. The van der Waals surface area contributed by atoms with Crippen LogP contribution < -0.4 is 42.5 Å². The van der Waals surface area contributed by atoms with E-state index in [0.717, 1.165) is 98.7 Å². The van der Waals surface area contributed by atoms with Crippen LogP contribution in [0.2, 0.25) is 76.6 Å². The van der Waals surface area contributed by atoms with Crippen LogP contribution in [0.4, 0.5) is 0 Å². The summed E-state index contributed by atoms with van der Waals surface area (Å²) in [7, 11) is -0.385. The van der Waals surface area contributed by atoms with Gasteiger partial charge < -0.3 is 27.2 Å². The van der Waals surface area contributed by atoms with Gasteiger partial charge in [0.05, 0.1) is 77.8 Å². The molecule has 0 spiro atoms. The van der Waals surface area contributed by atoms with Gasteiger partial charge in [0.1, 0.15) is 0 Å². The number of carbonyl (C=O) groups is 4. The van der Waals surface area contributed by atoms with E-state index in [1.54, 1.807) is 0 Å². The van der Waals surface area contributed by atoms with Crippen LogP contribution in [0, 0.1) is 47.3 Å². The van der Waals surface area contributed by atoms with Crippen LogP contribution in [-0.2, 0) is 46.4 Å². The van der Waals surface area contributed by atoms with Crippen molar-refractivity contribution in [2.45, 2.75) is 460 Å². The van der Waals surface area contributed by atoms with E-state index >= 15 is 0 Å². The van der Waals surface area contributed by atoms with E-state index in [4.69, 9.17) is 8.23 Å². The molecular weight excluding hydrogens is 1440 g/mol. The molecule has 8 bridgehead atoms. The van der Waals surface area contributed by atoms with E-state index in [-0.39, 0.29) is 23.9 Å². The molecule has 22 heteroatoms. The minimum Gasteiger partial charge on any atom is -0.469 e. The van der Waals surface area contributed by atoms with Crippen molar-refractivity contribution in [3.63, 3.8) is 0 Å². The quantitative estimate of drug-likeness (QED) is 0.0123. The molecule has 8 N–H and O–H groups in total. The van der Waals surface area contributed by atoms with Crippen molar-refractivity contribution in [2.75, 3.05) is 28.4 Å². The zero-order valence-electron chi connectivity index (χ0n) is 72.9. The minimum atomic E-state index is -1.56. The summed E-state index contributed by atoms with van der Waals surface area (Å²) >= 11 is 0. The molecule has 5 aliphatic heterocycles. The van der Waals surface area contributed by atoms with E-state index in [2.05, 4.69) is 114 Å². The molecular formula is C88H172N8O10Si4. The Kier molecular flexibility index (Phi) is 45.4. The zero-order valence-corrected chi connectivity index (χ0v) is 76.9. The topological polar surface area (TPSA) is 220 Å². The van der Waals surface area contributed by atoms with Gasteiger partial charge in [0.15, 0.2) is 33.3 Å². The Bertz CT molecular complexity index is 2130. The number of carbonyl (C=O) groups excluding carboxylic acids is 4. The number of esters is 4. The highest BCUT2D eigenvalue weighted by Gasteiger charge is 2.54. The van der Waals surface area contributed by atoms with Crippen molar-refractivity contribution in [1.82, 2.24) is 42.5 Å². The molecule has 8 atom stereocenters. The summed E-state index contributed by atoms with van der Waals surface area (Å²) in [6, 6.07) is 5.16. The maximum Gasteiger partial charge on any atom is 0.305 e. The van der Waals surface area contributed by atoms with Gasteiger partial charge in [-0.15, -0.1) is 0 Å². The SMILES string of the molecule is C1CCC2C3NC(NC4NC(NC5NC(NC6NC(N3)C3CCCCC63)C3CCCCC53)C3CCCCC43)C2C1.COC(=O)CCCCCCCCCC[Si](C)(C)O[Si](C)(C)CCCCCCCCCCC(=O)OC.COC(=O)CCCCCCCCCC[Si](C)(C)O[Si](C)(C)CCCCCCCCCCC(=O)OC. The van der Waals surface area contributed by atoms with Crippen molar-refractivity contribution < 1.29 is 46.4 Å². The van der Waals surface area contributed by atoms with Gasteiger partial charge in [0.2, 0.25) is 0 Å². The van der Waals surface area contributed by atoms with Gasteiger partial charge in [0.25, 0.3) is 0 Å². The Morgan fingerprint density at radius 2 is 0.345 bits per heavy atom. The summed E-state index contributed by atoms with van der Waals surface area (Å²) in [4.78, 5) is 44.4. The predicted molar refractivity (Wildman–Crippen MR) is 463 cm³/mol. The molecule has 5 heterocycles. The summed E-state index contributed by atoms with van der Waals surface area (Å²) in [6.07, 6.45) is 67.4. The molecule has 0 aromatic carbocycles. The molecule has 0 aromatic rings. The van der Waals surface area contributed by atoms with Gasteiger partial charge in [-0.25, -0.2) is 0 Å². The summed E-state index contributed by atoms with van der Waals surface area (Å²) in [5, 5.41) is 33.8. The fourth-order valence-electron chi connectivity index (χ4n) is 21.6. The molecule has 9 rings (SSSR count). The lowest BCUT2D eigenvalue weighted by Gasteiger charge is -2.35. The minimum absolute atomic E-state index is 0.0814. The van der Waals surface area contributed by atoms with Crippen molar-refractivity contribution in [1.29, 1.82) is 0 Å². The van der Waals surface area contributed by atoms with Crippen LogP contribution in [0.5, 0.6) is 0 Å². The fraction of sp³-hybridized carbons (Fsp3) is 0.955. The third kappa shape index (κ3) is 35.5. The Morgan fingerprint density at radius 1 is 0.218 bits per heavy atom. The van der Waals surface area contributed by atoms with Crippen LogP contribution in [0.15, 0.2) is 0 Å². The first-order valence-corrected chi connectivity index (χ1v) is 59.3. The Morgan fingerprint density at radius 3 is 0.482 bits per heavy atom. The van der Waals surface area contributed by atoms with Crippen molar-refractivity contribution in [3.8, 4) is 0 Å². The molecule has 8 unspecified atom stereocenters. The fourth-order valence-corrected chi connectivity index (χ4v) is 39.6. The molecule has 4 aliphatic carbocycles. The summed E-state index contributed by atoms with van der Waals surface area (Å²) in [5.41, 5.74) is 0. The van der Waals surface area contributed by atoms with Crippen molar-refractivity contribution >= 4 is 57.1 Å². The Labute approximate surface area is 677 Å². The maximum absolute atomic E-state index is 11.1. The van der Waals surface area contributed by atoms with Crippen LogP contribution in [0.3, 0.4) is 0 Å². The van der Waals surface area contributed by atoms with Gasteiger partial charge in [-0.05, 0) is 201 Å². The maximum atomic E-state index is 11.1. The van der Waals surface area contributed by atoms with Gasteiger partial charge in [0, 0.05) is 25.7 Å². The molecule has 0 radical (unpaired) electrons. The number of methoxy groups -OCH3 is 4. The first-order valence-electron chi connectivity index (χ1n) is 46.8. The molecule has 9 aliphatic rings. The molecule has 18 nitrogen and oxygen atoms in total. The summed E-state index contributed by atoms with van der Waals surface area (Å²) in [6.45, 7) is 19.4. The average molecular weight is 1610 g/mol. The smallest absolute Gasteiger partial charge is 0.305 e. The Balaban J connectivity index is 0.000000231. The van der Waals surface area contributed by atoms with Crippen molar-refractivity contribution in [3.05, 3.63) is 0 Å². The first-order chi connectivity index (χ1) is 53.0. The second kappa shape index (κ2) is 52.3. The zero-order chi connectivity index (χ0) is 79.0. The average Bonchev–Trinajstić information content (AvgIpc) is 1.16. The van der Waals surface area contributed by atoms with E-state index in [1.165, 1.54) is 309 Å². The predicted octanol–water partition coefficient (Wildman–Crippen LogP) is 20.2. The number of fused-ring (bicyclic) bond motifs is 20. The molecule has 0 amide bonds. The lowest BCUT2D eigenvalue weighted by molar-refractivity contribution is -0.141. The lowest BCUT2D eigenvalue weighted by Crippen LogP contribution is -2.61. The van der Waals surface area contributed by atoms with E-state index in [9.17, 15) is 19.2 Å². The Hall–Kier alpha value is -1.65. The van der Waals surface area contributed by atoms with Crippen LogP contribution in [0.25, 0.3) is 0 Å². The largest absolute Gasteiger partial charge is 0.469 e. The van der Waals surface area contributed by atoms with Crippen LogP contribution >= 0.6 is 0 Å². The third-order valence-corrected chi connectivity index (χ3v) is 42.5. The van der Waals surface area contributed by atoms with E-state index in [1.807, 2.05) is 0 Å². The number of nitrogens with one attached hydrogen (secondary N) is 8. The number of hydrogen-bond donors (Lipinski definition) is 8. The number of rotatable bonds is 48. The van der Waals surface area contributed by atoms with Crippen molar-refractivity contribution in [2.24, 2.45) is 47.3 Å². The second-order valence-corrected chi connectivity index (χ2v) is 56.2. The van der Waals surface area contributed by atoms with Crippen LogP contribution in [-0.4, -0.2) is 135 Å². The third-order valence-electron chi connectivity index (χ3n) is 27.5. The highest BCUT2D eigenvalue weighted by Crippen LogP contribution is 2.46. The molecule has 9 fully saturated rings. The molecule has 4 saturated carbocycles. The standard InChI is InChI=1S/C32H56N8.2C28H58O5Si2/c1-2-10-18-17(9-1)25-33-26(18)38-28-21-13-5-6-14-22(21)30(35-28)40-32-24-16-8-7-15-23(24)31(36-32)39-29-20-12-4-3-11-19(20)27(34-29)37-25;2*1-31-27(29)23-19-15-11-7-9-13-17-21-25-34(3,4)33-35(5,6)26-22-18-14-10-8-12-16-20-24-28(30)32-2/h17-40H,1-16H2;2*7-26H2,1-6H3. The normalized spacial score (nSPS) is 28.6. The summed E-state index contributed by atoms with van der Waals surface area (Å²) in [5.74, 6) is 5.64. The number of unbranched alkanes of at least 4 members (excludes halogenated alkanes) is 28. The highest BCUT2D eigenvalue weighted by atomic mass is 28.4. The molecule has 640 valence electrons. The first kappa shape index (κ1) is 95.5. The van der Waals surface area contributed by atoms with Crippen LogP contribution in [0.1, 0.15) is 334 Å². The van der Waals surface area contributed by atoms with E-state index in [0.29, 0.717) is 75.0 Å². The second-order valence-electron chi connectivity index (χ2n) is 38.5. The van der Waals surface area contributed by atoms with Gasteiger partial charge >= 0.3 is 23.9 Å². The number of ether oxygens (including phenoxy) is 4. The molecule has 5 saturated heterocycles. The highest BCUT2D eigenvalue weighted by molar-refractivity contribution is 6.85. The monoisotopic (exact) mass is 1610 g/mol. The lowest BCUT2D eigenvalue weighted by atomic mass is 9.76. The van der Waals surface area contributed by atoms with Gasteiger partial charge in [-0.2, -0.15) is 0 Å². The summed E-state index contributed by atoms with van der Waals surface area (Å²) < 4.78 is 32.4. The van der Waals surface area contributed by atoms with Gasteiger partial charge in [-0.1, -0.05) is 231 Å².